The number of aromatic nitrogens is 3. The van der Waals surface area contributed by atoms with Gasteiger partial charge in [0.15, 0.2) is 0 Å². The lowest BCUT2D eigenvalue weighted by Gasteiger charge is -2.53. The van der Waals surface area contributed by atoms with Gasteiger partial charge in [-0.15, -0.1) is 0 Å². The molecule has 1 unspecified atom stereocenters. The standard InChI is InChI=1S/C19H24N4O2.C2HF3O2/c1-2-17(11-20-5-1)13-23-14-19(15-23)10-16(4-9-25-19)3-8-24-18-12-21-6-7-22-18;3-2(4,5)1(6)7/h1-2,5-7,11-12,16H,3-4,8-10,13-15H2;(H,6,7). The van der Waals surface area contributed by atoms with Crippen LogP contribution in [0.15, 0.2) is 43.1 Å². The summed E-state index contributed by atoms with van der Waals surface area (Å²) in [6, 6.07) is 4.13. The molecule has 2 aliphatic rings. The summed E-state index contributed by atoms with van der Waals surface area (Å²) in [6.45, 7) is 4.54. The van der Waals surface area contributed by atoms with Crippen molar-refractivity contribution in [2.75, 3.05) is 26.3 Å². The van der Waals surface area contributed by atoms with E-state index in [0.717, 1.165) is 45.5 Å². The van der Waals surface area contributed by atoms with Gasteiger partial charge in [-0.05, 0) is 36.8 Å². The van der Waals surface area contributed by atoms with Crippen LogP contribution in [0.5, 0.6) is 5.88 Å². The molecule has 11 heteroatoms. The zero-order valence-electron chi connectivity index (χ0n) is 17.4. The molecule has 2 fully saturated rings. The molecule has 2 aliphatic heterocycles. The molecule has 0 bridgehead atoms. The van der Waals surface area contributed by atoms with Gasteiger partial charge < -0.3 is 14.6 Å². The Hall–Kier alpha value is -2.79. The van der Waals surface area contributed by atoms with Crippen LogP contribution in [-0.4, -0.2) is 69.0 Å². The van der Waals surface area contributed by atoms with Crippen molar-refractivity contribution in [1.29, 1.82) is 0 Å². The van der Waals surface area contributed by atoms with Crippen molar-refractivity contribution in [3.63, 3.8) is 0 Å². The van der Waals surface area contributed by atoms with Crippen molar-refractivity contribution in [1.82, 2.24) is 19.9 Å². The van der Waals surface area contributed by atoms with Gasteiger partial charge >= 0.3 is 12.1 Å². The van der Waals surface area contributed by atoms with Crippen LogP contribution in [0.4, 0.5) is 13.2 Å². The fourth-order valence-electron chi connectivity index (χ4n) is 3.92. The molecular formula is C21H25F3N4O4. The topological polar surface area (TPSA) is 97.7 Å². The molecular weight excluding hydrogens is 429 g/mol. The SMILES string of the molecule is O=C(O)C(F)(F)F.c1cncc(CN2CC3(CC(CCOc4cnccn4)CCO3)C2)c1. The highest BCUT2D eigenvalue weighted by Crippen LogP contribution is 2.38. The van der Waals surface area contributed by atoms with E-state index in [9.17, 15) is 13.2 Å². The number of halogens is 3. The van der Waals surface area contributed by atoms with Crippen LogP contribution in [0.2, 0.25) is 0 Å². The predicted molar refractivity (Wildman–Crippen MR) is 107 cm³/mol. The van der Waals surface area contributed by atoms with Crippen LogP contribution in [0.25, 0.3) is 0 Å². The lowest BCUT2D eigenvalue weighted by Crippen LogP contribution is -2.64. The molecule has 1 atom stereocenters. The van der Waals surface area contributed by atoms with Crippen molar-refractivity contribution < 1.29 is 32.5 Å². The number of rotatable bonds is 6. The largest absolute Gasteiger partial charge is 0.490 e. The zero-order valence-corrected chi connectivity index (χ0v) is 17.4. The van der Waals surface area contributed by atoms with Gasteiger partial charge in [-0.1, -0.05) is 6.07 Å². The van der Waals surface area contributed by atoms with Gasteiger partial charge in [-0.25, -0.2) is 9.78 Å². The average molecular weight is 454 g/mol. The number of carboxylic acid groups (broad SMARTS) is 1. The summed E-state index contributed by atoms with van der Waals surface area (Å²) in [5, 5.41) is 7.12. The maximum atomic E-state index is 10.6. The first kappa shape index (κ1) is 23.9. The van der Waals surface area contributed by atoms with Crippen LogP contribution in [0, 0.1) is 5.92 Å². The maximum Gasteiger partial charge on any atom is 0.490 e. The van der Waals surface area contributed by atoms with Gasteiger partial charge in [0, 0.05) is 51.0 Å². The third kappa shape index (κ3) is 7.13. The highest BCUT2D eigenvalue weighted by atomic mass is 19.4. The Morgan fingerprint density at radius 2 is 2.00 bits per heavy atom. The van der Waals surface area contributed by atoms with Crippen LogP contribution >= 0.6 is 0 Å². The smallest absolute Gasteiger partial charge is 0.477 e. The van der Waals surface area contributed by atoms with Gasteiger partial charge in [0.25, 0.3) is 0 Å². The second kappa shape index (κ2) is 10.7. The quantitative estimate of drug-likeness (QED) is 0.712. The van der Waals surface area contributed by atoms with Crippen LogP contribution in [0.1, 0.15) is 24.8 Å². The molecule has 0 aromatic carbocycles. The number of nitrogens with zero attached hydrogens (tertiary/aromatic N) is 4. The number of likely N-dealkylation sites (tertiary alicyclic amines) is 1. The van der Waals surface area contributed by atoms with E-state index >= 15 is 0 Å². The van der Waals surface area contributed by atoms with Gasteiger partial charge in [0.1, 0.15) is 0 Å². The summed E-state index contributed by atoms with van der Waals surface area (Å²) < 4.78 is 43.6. The molecule has 8 nitrogen and oxygen atoms in total. The number of aliphatic carboxylic acids is 1. The molecule has 32 heavy (non-hydrogen) atoms. The Bertz CT molecular complexity index is 849. The summed E-state index contributed by atoms with van der Waals surface area (Å²) in [7, 11) is 0. The molecule has 174 valence electrons. The van der Waals surface area contributed by atoms with Crippen molar-refractivity contribution in [3.05, 3.63) is 48.7 Å². The summed E-state index contributed by atoms with van der Waals surface area (Å²) in [4.78, 5) is 23.7. The molecule has 0 amide bonds. The molecule has 4 rings (SSSR count). The number of pyridine rings is 1. The molecule has 1 spiro atoms. The third-order valence-corrected chi connectivity index (χ3v) is 5.31. The second-order valence-corrected chi connectivity index (χ2v) is 7.88. The van der Waals surface area contributed by atoms with Gasteiger partial charge in [-0.2, -0.15) is 13.2 Å². The Labute approximate surface area is 183 Å². The first-order valence-corrected chi connectivity index (χ1v) is 10.2. The third-order valence-electron chi connectivity index (χ3n) is 5.31. The molecule has 1 N–H and O–H groups in total. The Kier molecular flexibility index (Phi) is 7.97. The maximum absolute atomic E-state index is 10.6. The van der Waals surface area contributed by atoms with Crippen molar-refractivity contribution in [3.8, 4) is 5.88 Å². The Morgan fingerprint density at radius 1 is 1.25 bits per heavy atom. The lowest BCUT2D eigenvalue weighted by molar-refractivity contribution is -0.192. The molecule has 4 heterocycles. The number of hydrogen-bond donors (Lipinski definition) is 1. The minimum atomic E-state index is -5.08. The van der Waals surface area contributed by atoms with E-state index in [1.54, 1.807) is 18.6 Å². The molecule has 2 aromatic rings. The number of carboxylic acids is 1. The molecule has 0 saturated carbocycles. The second-order valence-electron chi connectivity index (χ2n) is 7.88. The molecule has 0 radical (unpaired) electrons. The lowest BCUT2D eigenvalue weighted by atomic mass is 9.79. The minimum absolute atomic E-state index is 0.0533. The van der Waals surface area contributed by atoms with Crippen LogP contribution < -0.4 is 4.74 Å². The fraction of sp³-hybridized carbons (Fsp3) is 0.524. The van der Waals surface area contributed by atoms with Crippen molar-refractivity contribution in [2.24, 2.45) is 5.92 Å². The van der Waals surface area contributed by atoms with Crippen molar-refractivity contribution >= 4 is 5.97 Å². The summed E-state index contributed by atoms with van der Waals surface area (Å²) in [5.41, 5.74) is 1.32. The number of hydrogen-bond acceptors (Lipinski definition) is 7. The van der Waals surface area contributed by atoms with E-state index < -0.39 is 12.1 Å². The molecule has 2 aromatic heterocycles. The number of alkyl halides is 3. The van der Waals surface area contributed by atoms with E-state index in [-0.39, 0.29) is 5.60 Å². The van der Waals surface area contributed by atoms with Gasteiger partial charge in [-0.3, -0.25) is 14.9 Å². The normalized spacial score (nSPS) is 20.0. The van der Waals surface area contributed by atoms with Gasteiger partial charge in [0.05, 0.1) is 18.4 Å². The zero-order chi connectivity index (χ0) is 23.0. The molecule has 0 aliphatic carbocycles. The Balaban J connectivity index is 0.000000360. The number of carbonyl (C=O) groups is 1. The summed E-state index contributed by atoms with van der Waals surface area (Å²) in [5.74, 6) is -1.49. The monoisotopic (exact) mass is 454 g/mol. The van der Waals surface area contributed by atoms with E-state index in [0.29, 0.717) is 18.4 Å². The summed E-state index contributed by atoms with van der Waals surface area (Å²) >= 11 is 0. The van der Waals surface area contributed by atoms with Gasteiger partial charge in [0.2, 0.25) is 5.88 Å². The predicted octanol–water partition coefficient (Wildman–Crippen LogP) is 2.96. The first-order chi connectivity index (χ1) is 15.3. The number of ether oxygens (including phenoxy) is 2. The van der Waals surface area contributed by atoms with Crippen molar-refractivity contribution in [2.45, 2.75) is 37.6 Å². The Morgan fingerprint density at radius 3 is 2.62 bits per heavy atom. The first-order valence-electron chi connectivity index (χ1n) is 10.2. The van der Waals surface area contributed by atoms with E-state index in [1.807, 2.05) is 18.5 Å². The van der Waals surface area contributed by atoms with Crippen LogP contribution in [0.3, 0.4) is 0 Å². The van der Waals surface area contributed by atoms with E-state index in [4.69, 9.17) is 19.4 Å². The fourth-order valence-corrected chi connectivity index (χ4v) is 3.92. The van der Waals surface area contributed by atoms with E-state index in [1.165, 1.54) is 5.56 Å². The van der Waals surface area contributed by atoms with E-state index in [2.05, 4.69) is 25.9 Å². The highest BCUT2D eigenvalue weighted by Gasteiger charge is 2.47. The highest BCUT2D eigenvalue weighted by molar-refractivity contribution is 5.73. The average Bonchev–Trinajstić information content (AvgIpc) is 2.74. The minimum Gasteiger partial charge on any atom is -0.477 e. The summed E-state index contributed by atoms with van der Waals surface area (Å²) in [6.07, 6.45) is 6.94. The van der Waals surface area contributed by atoms with Crippen LogP contribution in [-0.2, 0) is 16.1 Å². The molecule has 2 saturated heterocycles.